The highest BCUT2D eigenvalue weighted by molar-refractivity contribution is 4.79. The lowest BCUT2D eigenvalue weighted by molar-refractivity contribution is 0.217. The quantitative estimate of drug-likeness (QED) is 0.468. The van der Waals surface area contributed by atoms with E-state index in [1.807, 2.05) is 0 Å². The zero-order valence-corrected chi connectivity index (χ0v) is 3.82. The van der Waals surface area contributed by atoms with E-state index < -0.39 is 12.3 Å². The minimum absolute atomic E-state index is 0.182. The van der Waals surface area contributed by atoms with Gasteiger partial charge in [-0.3, -0.25) is 0 Å². The highest BCUT2D eigenvalue weighted by Gasteiger charge is 2.25. The topological polar surface area (TPSA) is 12.0 Å². The molecule has 1 aliphatic rings. The van der Waals surface area contributed by atoms with E-state index >= 15 is 0 Å². The maximum atomic E-state index is 11.9. The molecule has 0 spiro atoms. The number of rotatable bonds is 0. The first kappa shape index (κ1) is 4.97. The second kappa shape index (κ2) is 1.74. The maximum absolute atomic E-state index is 11.9. The number of nitrogens with one attached hydrogen (secondary N) is 1. The zero-order chi connectivity index (χ0) is 5.28. The molecule has 2 unspecified atom stereocenters. The number of hydrogen-bond acceptors (Lipinski definition) is 1. The van der Waals surface area contributed by atoms with Crippen molar-refractivity contribution in [3.8, 4) is 0 Å². The zero-order valence-electron chi connectivity index (χ0n) is 3.82. The van der Waals surface area contributed by atoms with E-state index in [9.17, 15) is 8.78 Å². The van der Waals surface area contributed by atoms with Crippen molar-refractivity contribution in [3.05, 3.63) is 0 Å². The van der Waals surface area contributed by atoms with Crippen molar-refractivity contribution in [3.63, 3.8) is 0 Å². The molecule has 1 aliphatic heterocycles. The average molecular weight is 107 g/mol. The summed E-state index contributed by atoms with van der Waals surface area (Å²) < 4.78 is 23.8. The van der Waals surface area contributed by atoms with Gasteiger partial charge in [0, 0.05) is 13.1 Å². The van der Waals surface area contributed by atoms with Gasteiger partial charge in [-0.1, -0.05) is 0 Å². The van der Waals surface area contributed by atoms with Crippen LogP contribution in [0, 0.1) is 0 Å². The van der Waals surface area contributed by atoms with Gasteiger partial charge in [0.1, 0.15) is 12.3 Å². The van der Waals surface area contributed by atoms with E-state index in [1.54, 1.807) is 0 Å². The predicted octanol–water partition coefficient (Wildman–Crippen LogP) is 0.266. The lowest BCUT2D eigenvalue weighted by Gasteiger charge is -1.95. The molecule has 1 rings (SSSR count). The number of halogens is 2. The van der Waals surface area contributed by atoms with Gasteiger partial charge < -0.3 is 5.32 Å². The number of hydrogen-bond donors (Lipinski definition) is 1. The Labute approximate surface area is 40.7 Å². The van der Waals surface area contributed by atoms with Gasteiger partial charge in [-0.05, 0) is 0 Å². The summed E-state index contributed by atoms with van der Waals surface area (Å²) >= 11 is 0. The van der Waals surface area contributed by atoms with Crippen LogP contribution in [0.3, 0.4) is 0 Å². The van der Waals surface area contributed by atoms with Gasteiger partial charge in [0.15, 0.2) is 0 Å². The van der Waals surface area contributed by atoms with Gasteiger partial charge in [0.05, 0.1) is 0 Å². The SMILES string of the molecule is FC1CNCC1F. The predicted molar refractivity (Wildman–Crippen MR) is 22.7 cm³/mol. The van der Waals surface area contributed by atoms with Gasteiger partial charge in [-0.15, -0.1) is 0 Å². The second-order valence-corrected chi connectivity index (χ2v) is 1.69. The summed E-state index contributed by atoms with van der Waals surface area (Å²) in [4.78, 5) is 0. The first-order chi connectivity index (χ1) is 3.30. The molecule has 1 fully saturated rings. The molecule has 42 valence electrons. The molecule has 0 aromatic rings. The van der Waals surface area contributed by atoms with E-state index in [-0.39, 0.29) is 13.1 Å². The molecule has 0 aliphatic carbocycles. The van der Waals surface area contributed by atoms with Crippen LogP contribution in [0.5, 0.6) is 0 Å². The highest BCUT2D eigenvalue weighted by Crippen LogP contribution is 2.06. The molecule has 1 saturated heterocycles. The van der Waals surface area contributed by atoms with Gasteiger partial charge >= 0.3 is 0 Å². The number of alkyl halides is 2. The summed E-state index contributed by atoms with van der Waals surface area (Å²) in [7, 11) is 0. The third-order valence-corrected chi connectivity index (χ3v) is 1.07. The lowest BCUT2D eigenvalue weighted by Crippen LogP contribution is -2.12. The second-order valence-electron chi connectivity index (χ2n) is 1.69. The van der Waals surface area contributed by atoms with E-state index in [2.05, 4.69) is 5.32 Å². The standard InChI is InChI=1S/C4H7F2N/c5-3-1-7-2-4(3)6/h3-4,7H,1-2H2. The van der Waals surface area contributed by atoms with Crippen LogP contribution < -0.4 is 5.32 Å². The van der Waals surface area contributed by atoms with Crippen LogP contribution in [0.1, 0.15) is 0 Å². The molecule has 0 aromatic heterocycles. The Kier molecular flexibility index (Phi) is 1.23. The third kappa shape index (κ3) is 0.881. The monoisotopic (exact) mass is 107 g/mol. The van der Waals surface area contributed by atoms with Gasteiger partial charge in [0.25, 0.3) is 0 Å². The van der Waals surface area contributed by atoms with Crippen molar-refractivity contribution in [2.75, 3.05) is 13.1 Å². The van der Waals surface area contributed by atoms with Crippen LogP contribution in [-0.4, -0.2) is 25.4 Å². The van der Waals surface area contributed by atoms with Crippen LogP contribution in [-0.2, 0) is 0 Å². The minimum atomic E-state index is -1.26. The average Bonchev–Trinajstić information content (AvgIpc) is 1.91. The molecule has 0 saturated carbocycles. The minimum Gasteiger partial charge on any atom is -0.311 e. The normalized spacial score (nSPS) is 42.0. The van der Waals surface area contributed by atoms with Crippen LogP contribution in [0.25, 0.3) is 0 Å². The highest BCUT2D eigenvalue weighted by atomic mass is 19.2. The molecule has 0 radical (unpaired) electrons. The van der Waals surface area contributed by atoms with Crippen molar-refractivity contribution in [2.45, 2.75) is 12.3 Å². The Morgan fingerprint density at radius 2 is 1.57 bits per heavy atom. The first-order valence-corrected chi connectivity index (χ1v) is 2.29. The maximum Gasteiger partial charge on any atom is 0.145 e. The molecular formula is C4H7F2N. The Bertz CT molecular complexity index is 58.7. The van der Waals surface area contributed by atoms with Crippen LogP contribution >= 0.6 is 0 Å². The molecule has 1 nitrogen and oxygen atoms in total. The first-order valence-electron chi connectivity index (χ1n) is 2.29. The van der Waals surface area contributed by atoms with Gasteiger partial charge in [0.2, 0.25) is 0 Å². The van der Waals surface area contributed by atoms with E-state index in [0.29, 0.717) is 0 Å². The van der Waals surface area contributed by atoms with Crippen molar-refractivity contribution < 1.29 is 8.78 Å². The van der Waals surface area contributed by atoms with Crippen LogP contribution in [0.2, 0.25) is 0 Å². The molecule has 7 heavy (non-hydrogen) atoms. The molecule has 1 heterocycles. The van der Waals surface area contributed by atoms with Crippen molar-refractivity contribution >= 4 is 0 Å². The Balaban J connectivity index is 2.33. The Morgan fingerprint density at radius 3 is 1.71 bits per heavy atom. The fourth-order valence-electron chi connectivity index (χ4n) is 0.615. The van der Waals surface area contributed by atoms with E-state index in [1.165, 1.54) is 0 Å². The summed E-state index contributed by atoms with van der Waals surface area (Å²) in [6.07, 6.45) is -2.53. The largest absolute Gasteiger partial charge is 0.311 e. The lowest BCUT2D eigenvalue weighted by atomic mass is 10.3. The van der Waals surface area contributed by atoms with Crippen molar-refractivity contribution in [2.24, 2.45) is 0 Å². The molecule has 3 heteroatoms. The Hall–Kier alpha value is -0.180. The van der Waals surface area contributed by atoms with Crippen LogP contribution in [0.15, 0.2) is 0 Å². The van der Waals surface area contributed by atoms with Crippen molar-refractivity contribution in [1.29, 1.82) is 0 Å². The van der Waals surface area contributed by atoms with Gasteiger partial charge in [-0.25, -0.2) is 8.78 Å². The summed E-state index contributed by atoms with van der Waals surface area (Å²) in [5.41, 5.74) is 0. The fraction of sp³-hybridized carbons (Fsp3) is 1.00. The van der Waals surface area contributed by atoms with E-state index in [4.69, 9.17) is 0 Å². The van der Waals surface area contributed by atoms with Crippen LogP contribution in [0.4, 0.5) is 8.78 Å². The van der Waals surface area contributed by atoms with Gasteiger partial charge in [-0.2, -0.15) is 0 Å². The summed E-state index contributed by atoms with van der Waals surface area (Å²) in [6.45, 7) is 0.363. The molecular weight excluding hydrogens is 100 g/mol. The van der Waals surface area contributed by atoms with Crippen molar-refractivity contribution in [1.82, 2.24) is 5.32 Å². The summed E-state index contributed by atoms with van der Waals surface area (Å²) in [6, 6.07) is 0. The smallest absolute Gasteiger partial charge is 0.145 e. The Morgan fingerprint density at radius 1 is 1.14 bits per heavy atom. The third-order valence-electron chi connectivity index (χ3n) is 1.07. The fourth-order valence-corrected chi connectivity index (χ4v) is 0.615. The molecule has 0 amide bonds. The molecule has 0 bridgehead atoms. The van der Waals surface area contributed by atoms with E-state index in [0.717, 1.165) is 0 Å². The summed E-state index contributed by atoms with van der Waals surface area (Å²) in [5.74, 6) is 0. The molecule has 2 atom stereocenters. The summed E-state index contributed by atoms with van der Waals surface area (Å²) in [5, 5.41) is 2.57. The molecule has 1 N–H and O–H groups in total. The molecule has 0 aromatic carbocycles.